The van der Waals surface area contributed by atoms with Crippen LogP contribution in [0.4, 0.5) is 5.69 Å². The minimum Gasteiger partial charge on any atom is -0.399 e. The van der Waals surface area contributed by atoms with Gasteiger partial charge in [0.2, 0.25) is 0 Å². The van der Waals surface area contributed by atoms with Gasteiger partial charge in [-0.25, -0.2) is 0 Å². The van der Waals surface area contributed by atoms with Crippen LogP contribution in [0, 0.1) is 10.8 Å². The van der Waals surface area contributed by atoms with E-state index in [1.165, 1.54) is 15.6 Å². The molecule has 6 heteroatoms. The Labute approximate surface area is 236 Å². The van der Waals surface area contributed by atoms with Crippen LogP contribution in [-0.4, -0.2) is 16.5 Å². The summed E-state index contributed by atoms with van der Waals surface area (Å²) in [6.45, 7) is 4.03. The van der Waals surface area contributed by atoms with Gasteiger partial charge in [-0.05, 0) is 71.3 Å². The van der Waals surface area contributed by atoms with Crippen molar-refractivity contribution in [3.63, 3.8) is 0 Å². The zero-order valence-electron chi connectivity index (χ0n) is 21.7. The summed E-state index contributed by atoms with van der Waals surface area (Å²) in [7, 11) is 0. The largest absolute Gasteiger partial charge is 0.399 e. The molecule has 0 saturated carbocycles. The quantitative estimate of drug-likeness (QED) is 0.0937. The standard InChI is InChI=1S/C34H27N5S/c1-21(4-3-16-35)22-7-9-23(10-8-22)29(37)20-30(38)24-11-14-33-28(19-24)27-5-2-6-32(34(27)40-33)39-17-15-25-18-26(36)12-13-31(25)39/h2-20,35,38H,1,36-37H2/b4-3-,29-20-,35-16?,38-30?. The molecule has 194 valence electrons. The highest BCUT2D eigenvalue weighted by Gasteiger charge is 2.13. The average Bonchev–Trinajstić information content (AvgIpc) is 3.56. The summed E-state index contributed by atoms with van der Waals surface area (Å²) in [5.74, 6) is 0. The van der Waals surface area contributed by atoms with Crippen molar-refractivity contribution in [2.24, 2.45) is 5.73 Å². The van der Waals surface area contributed by atoms with Gasteiger partial charge in [0.15, 0.2) is 0 Å². The summed E-state index contributed by atoms with van der Waals surface area (Å²) in [6.07, 6.45) is 8.45. The van der Waals surface area contributed by atoms with Crippen LogP contribution in [0.25, 0.3) is 48.0 Å². The SMILES string of the molecule is C=C(/C=C\C=N)c1ccc(/C(N)=C/C(=N)c2ccc3sc4c(-n5ccc6cc(N)ccc65)cccc4c3c2)cc1. The lowest BCUT2D eigenvalue weighted by atomic mass is 10.0. The minimum atomic E-state index is 0.353. The van der Waals surface area contributed by atoms with E-state index >= 15 is 0 Å². The first kappa shape index (κ1) is 25.1. The molecule has 0 aliphatic heterocycles. The number of fused-ring (bicyclic) bond motifs is 4. The molecule has 0 amide bonds. The second-order valence-corrected chi connectivity index (χ2v) is 10.7. The molecule has 6 aromatic rings. The second kappa shape index (κ2) is 10.2. The Morgan fingerprint density at radius 2 is 1.65 bits per heavy atom. The van der Waals surface area contributed by atoms with Crippen molar-refractivity contribution in [1.82, 2.24) is 4.57 Å². The molecular weight excluding hydrogens is 510 g/mol. The van der Waals surface area contributed by atoms with E-state index in [-0.39, 0.29) is 0 Å². The van der Waals surface area contributed by atoms with Crippen LogP contribution in [-0.2, 0) is 0 Å². The number of allylic oxidation sites excluding steroid dienone is 4. The molecule has 0 fully saturated rings. The summed E-state index contributed by atoms with van der Waals surface area (Å²) < 4.78 is 4.58. The highest BCUT2D eigenvalue weighted by molar-refractivity contribution is 7.26. The third kappa shape index (κ3) is 4.51. The van der Waals surface area contributed by atoms with Gasteiger partial charge in [0, 0.05) is 50.2 Å². The predicted octanol–water partition coefficient (Wildman–Crippen LogP) is 8.17. The number of nitrogens with two attached hydrogens (primary N) is 2. The fourth-order valence-corrected chi connectivity index (χ4v) is 6.17. The summed E-state index contributed by atoms with van der Waals surface area (Å²) in [5, 5.41) is 19.3. The number of hydrogen-bond donors (Lipinski definition) is 4. The number of thiophene rings is 1. The van der Waals surface area contributed by atoms with Gasteiger partial charge in [-0.2, -0.15) is 0 Å². The lowest BCUT2D eigenvalue weighted by molar-refractivity contribution is 1.15. The molecule has 0 radical (unpaired) electrons. The van der Waals surface area contributed by atoms with E-state index in [1.807, 2.05) is 42.5 Å². The number of hydrogen-bond acceptors (Lipinski definition) is 5. The maximum absolute atomic E-state index is 8.78. The number of benzene rings is 4. The van der Waals surface area contributed by atoms with Crippen LogP contribution in [0.5, 0.6) is 0 Å². The number of nitrogens with one attached hydrogen (secondary N) is 2. The monoisotopic (exact) mass is 537 g/mol. The van der Waals surface area contributed by atoms with Crippen LogP contribution < -0.4 is 11.5 Å². The molecule has 6 rings (SSSR count). The van der Waals surface area contributed by atoms with Gasteiger partial charge in [-0.3, -0.25) is 0 Å². The predicted molar refractivity (Wildman–Crippen MR) is 173 cm³/mol. The Morgan fingerprint density at radius 1 is 0.875 bits per heavy atom. The van der Waals surface area contributed by atoms with Crippen molar-refractivity contribution in [2.75, 3.05) is 5.73 Å². The van der Waals surface area contributed by atoms with Crippen LogP contribution >= 0.6 is 11.3 Å². The Kier molecular flexibility index (Phi) is 6.38. The number of nitrogens with zero attached hydrogens (tertiary/aromatic N) is 1. The highest BCUT2D eigenvalue weighted by Crippen LogP contribution is 2.39. The van der Waals surface area contributed by atoms with Crippen molar-refractivity contribution in [3.8, 4) is 5.69 Å². The molecule has 6 N–H and O–H groups in total. The van der Waals surface area contributed by atoms with Crippen molar-refractivity contribution in [1.29, 1.82) is 10.8 Å². The molecule has 0 bridgehead atoms. The maximum atomic E-state index is 8.78. The summed E-state index contributed by atoms with van der Waals surface area (Å²) in [4.78, 5) is 0. The van der Waals surface area contributed by atoms with E-state index in [4.69, 9.17) is 22.3 Å². The fourth-order valence-electron chi connectivity index (χ4n) is 4.97. The Hall–Kier alpha value is -5.20. The van der Waals surface area contributed by atoms with Gasteiger partial charge in [0.1, 0.15) is 0 Å². The summed E-state index contributed by atoms with van der Waals surface area (Å²) in [5.41, 5.74) is 19.7. The fraction of sp³-hybridized carbons (Fsp3) is 0. The minimum absolute atomic E-state index is 0.353. The van der Waals surface area contributed by atoms with Gasteiger partial charge in [-0.15, -0.1) is 11.3 Å². The molecule has 0 saturated heterocycles. The van der Waals surface area contributed by atoms with E-state index in [0.29, 0.717) is 11.4 Å². The summed E-state index contributed by atoms with van der Waals surface area (Å²) in [6, 6.07) is 28.4. The number of nitrogen functional groups attached to an aromatic ring is 1. The van der Waals surface area contributed by atoms with Crippen LogP contribution in [0.3, 0.4) is 0 Å². The lowest BCUT2D eigenvalue weighted by Crippen LogP contribution is -2.02. The molecule has 4 aromatic carbocycles. The molecule has 40 heavy (non-hydrogen) atoms. The normalized spacial score (nSPS) is 12.1. The van der Waals surface area contributed by atoms with E-state index in [2.05, 4.69) is 59.8 Å². The van der Waals surface area contributed by atoms with Crippen LogP contribution in [0.2, 0.25) is 0 Å². The first-order chi connectivity index (χ1) is 19.4. The zero-order chi connectivity index (χ0) is 27.8. The summed E-state index contributed by atoms with van der Waals surface area (Å²) >= 11 is 1.76. The van der Waals surface area contributed by atoms with Crippen molar-refractivity contribution < 1.29 is 0 Å². The van der Waals surface area contributed by atoms with Gasteiger partial charge in [0.25, 0.3) is 0 Å². The van der Waals surface area contributed by atoms with Gasteiger partial charge >= 0.3 is 0 Å². The molecule has 0 aliphatic carbocycles. The first-order valence-corrected chi connectivity index (χ1v) is 13.6. The molecule has 0 atom stereocenters. The molecule has 2 aromatic heterocycles. The Morgan fingerprint density at radius 3 is 2.45 bits per heavy atom. The Bertz CT molecular complexity index is 2020. The third-order valence-electron chi connectivity index (χ3n) is 7.04. The third-order valence-corrected chi connectivity index (χ3v) is 8.25. The van der Waals surface area contributed by atoms with E-state index in [1.54, 1.807) is 29.6 Å². The molecule has 0 spiro atoms. The molecule has 2 heterocycles. The molecular formula is C34H27N5S. The van der Waals surface area contributed by atoms with E-state index in [9.17, 15) is 0 Å². The lowest BCUT2D eigenvalue weighted by Gasteiger charge is -2.07. The van der Waals surface area contributed by atoms with Crippen molar-refractivity contribution in [2.45, 2.75) is 0 Å². The van der Waals surface area contributed by atoms with E-state index in [0.717, 1.165) is 55.3 Å². The number of anilines is 1. The van der Waals surface area contributed by atoms with Gasteiger partial charge in [-0.1, -0.05) is 55.1 Å². The van der Waals surface area contributed by atoms with Crippen molar-refractivity contribution in [3.05, 3.63) is 133 Å². The Balaban J connectivity index is 1.33. The van der Waals surface area contributed by atoms with Crippen LogP contribution in [0.15, 0.2) is 116 Å². The van der Waals surface area contributed by atoms with E-state index < -0.39 is 0 Å². The topological polar surface area (TPSA) is 105 Å². The maximum Gasteiger partial charge on any atom is 0.0634 e. The van der Waals surface area contributed by atoms with Crippen LogP contribution in [0.1, 0.15) is 16.7 Å². The van der Waals surface area contributed by atoms with Crippen molar-refractivity contribution >= 4 is 71.3 Å². The average molecular weight is 538 g/mol. The first-order valence-electron chi connectivity index (χ1n) is 12.8. The highest BCUT2D eigenvalue weighted by atomic mass is 32.1. The smallest absolute Gasteiger partial charge is 0.0634 e. The number of aromatic nitrogens is 1. The second-order valence-electron chi connectivity index (χ2n) is 9.61. The number of rotatable bonds is 7. The van der Waals surface area contributed by atoms with Gasteiger partial charge < -0.3 is 26.9 Å². The molecule has 0 aliphatic rings. The van der Waals surface area contributed by atoms with Gasteiger partial charge in [0.05, 0.1) is 21.6 Å². The zero-order valence-corrected chi connectivity index (χ0v) is 22.5. The molecule has 0 unspecified atom stereocenters. The molecule has 5 nitrogen and oxygen atoms in total.